The van der Waals surface area contributed by atoms with E-state index in [1.807, 2.05) is 11.8 Å². The van der Waals surface area contributed by atoms with Crippen molar-refractivity contribution in [1.29, 1.82) is 5.26 Å². The Morgan fingerprint density at radius 2 is 2.00 bits per heavy atom. The summed E-state index contributed by atoms with van der Waals surface area (Å²) in [5.74, 6) is 1.08. The van der Waals surface area contributed by atoms with Gasteiger partial charge in [0.15, 0.2) is 0 Å². The molecule has 1 aliphatic rings. The van der Waals surface area contributed by atoms with Crippen molar-refractivity contribution >= 4 is 11.8 Å². The first-order valence-electron chi connectivity index (χ1n) is 6.01. The van der Waals surface area contributed by atoms with Gasteiger partial charge in [0.25, 0.3) is 0 Å². The second kappa shape index (κ2) is 8.01. The average molecular weight is 226 g/mol. The van der Waals surface area contributed by atoms with Crippen LogP contribution in [0, 0.1) is 11.3 Å². The first-order valence-corrected chi connectivity index (χ1v) is 7.41. The third kappa shape index (κ3) is 5.44. The number of rotatable bonds is 5. The Hall–Kier alpha value is -0.200. The predicted octanol–water partition coefficient (Wildman–Crippen LogP) is 2.94. The smallest absolute Gasteiger partial charge is 0.0963 e. The molecule has 2 nitrogen and oxygen atoms in total. The second-order valence-corrected chi connectivity index (χ2v) is 5.30. The maximum atomic E-state index is 9.03. The number of hydrogen-bond acceptors (Lipinski definition) is 3. The van der Waals surface area contributed by atoms with Crippen molar-refractivity contribution < 1.29 is 0 Å². The molecular weight excluding hydrogens is 204 g/mol. The van der Waals surface area contributed by atoms with E-state index >= 15 is 0 Å². The summed E-state index contributed by atoms with van der Waals surface area (Å²) < 4.78 is 0. The molecule has 0 aromatic rings. The fourth-order valence-corrected chi connectivity index (χ4v) is 2.62. The van der Waals surface area contributed by atoms with Gasteiger partial charge in [-0.1, -0.05) is 25.7 Å². The minimum Gasteiger partial charge on any atom is -0.299 e. The number of hydrogen-bond donors (Lipinski definition) is 1. The monoisotopic (exact) mass is 226 g/mol. The third-order valence-corrected chi connectivity index (χ3v) is 3.70. The summed E-state index contributed by atoms with van der Waals surface area (Å²) in [5, 5.41) is 12.5. The highest BCUT2D eigenvalue weighted by Gasteiger charge is 2.16. The SMILES string of the molecule is CSCCC(C#N)NC1CCCCCC1. The first-order chi connectivity index (χ1) is 7.36. The molecule has 1 saturated carbocycles. The van der Waals surface area contributed by atoms with Gasteiger partial charge in [-0.2, -0.15) is 17.0 Å². The van der Waals surface area contributed by atoms with Crippen LogP contribution < -0.4 is 5.32 Å². The van der Waals surface area contributed by atoms with Gasteiger partial charge in [0, 0.05) is 6.04 Å². The lowest BCUT2D eigenvalue weighted by molar-refractivity contribution is 0.426. The zero-order valence-electron chi connectivity index (χ0n) is 9.67. The van der Waals surface area contributed by atoms with Crippen LogP contribution in [0.25, 0.3) is 0 Å². The fourth-order valence-electron chi connectivity index (χ4n) is 2.15. The minimum absolute atomic E-state index is 0.0700. The van der Waals surface area contributed by atoms with E-state index < -0.39 is 0 Å². The summed E-state index contributed by atoms with van der Waals surface area (Å²) in [6, 6.07) is 3.05. The van der Waals surface area contributed by atoms with Gasteiger partial charge in [-0.05, 0) is 31.3 Å². The van der Waals surface area contributed by atoms with Crippen molar-refractivity contribution in [1.82, 2.24) is 5.32 Å². The van der Waals surface area contributed by atoms with Crippen molar-refractivity contribution in [2.24, 2.45) is 0 Å². The molecule has 0 bridgehead atoms. The maximum Gasteiger partial charge on any atom is 0.0963 e. The van der Waals surface area contributed by atoms with Gasteiger partial charge in [0.05, 0.1) is 12.1 Å². The summed E-state index contributed by atoms with van der Waals surface area (Å²) in [7, 11) is 0. The zero-order chi connectivity index (χ0) is 10.9. The molecule has 3 heteroatoms. The average Bonchev–Trinajstić information content (AvgIpc) is 2.52. The van der Waals surface area contributed by atoms with E-state index in [1.54, 1.807) is 0 Å². The molecule has 1 atom stereocenters. The fraction of sp³-hybridized carbons (Fsp3) is 0.917. The van der Waals surface area contributed by atoms with Gasteiger partial charge >= 0.3 is 0 Å². The number of nitriles is 1. The van der Waals surface area contributed by atoms with Crippen molar-refractivity contribution in [2.45, 2.75) is 57.0 Å². The van der Waals surface area contributed by atoms with Crippen LogP contribution >= 0.6 is 11.8 Å². The zero-order valence-corrected chi connectivity index (χ0v) is 10.5. The van der Waals surface area contributed by atoms with E-state index in [9.17, 15) is 0 Å². The van der Waals surface area contributed by atoms with E-state index in [1.165, 1.54) is 38.5 Å². The summed E-state index contributed by atoms with van der Waals surface area (Å²) in [6.07, 6.45) is 11.0. The molecule has 0 heterocycles. The van der Waals surface area contributed by atoms with Gasteiger partial charge in [0.1, 0.15) is 0 Å². The number of nitrogens with zero attached hydrogens (tertiary/aromatic N) is 1. The van der Waals surface area contributed by atoms with Crippen LogP contribution in [0.15, 0.2) is 0 Å². The van der Waals surface area contributed by atoms with Crippen molar-refractivity contribution in [3.05, 3.63) is 0 Å². The molecule has 0 aliphatic heterocycles. The Labute approximate surface area is 97.8 Å². The highest BCUT2D eigenvalue weighted by Crippen LogP contribution is 2.18. The molecule has 0 spiro atoms. The van der Waals surface area contributed by atoms with Crippen molar-refractivity contribution in [3.8, 4) is 6.07 Å². The first kappa shape index (κ1) is 12.9. The lowest BCUT2D eigenvalue weighted by Gasteiger charge is -2.19. The normalized spacial score (nSPS) is 20.5. The van der Waals surface area contributed by atoms with Crippen LogP contribution in [0.4, 0.5) is 0 Å². The molecule has 0 radical (unpaired) electrons. The minimum atomic E-state index is 0.0700. The van der Waals surface area contributed by atoms with E-state index in [-0.39, 0.29) is 6.04 Å². The molecule has 0 amide bonds. The van der Waals surface area contributed by atoms with Crippen LogP contribution in [0.5, 0.6) is 0 Å². The highest BCUT2D eigenvalue weighted by atomic mass is 32.2. The topological polar surface area (TPSA) is 35.8 Å². The van der Waals surface area contributed by atoms with Crippen LogP contribution in [0.1, 0.15) is 44.9 Å². The van der Waals surface area contributed by atoms with Crippen molar-refractivity contribution in [3.63, 3.8) is 0 Å². The van der Waals surface area contributed by atoms with E-state index in [4.69, 9.17) is 5.26 Å². The lowest BCUT2D eigenvalue weighted by Crippen LogP contribution is -2.37. The predicted molar refractivity (Wildman–Crippen MR) is 67.0 cm³/mol. The standard InChI is InChI=1S/C12H22N2S/c1-15-9-8-12(10-13)14-11-6-4-2-3-5-7-11/h11-12,14H,2-9H2,1H3. The van der Waals surface area contributed by atoms with Gasteiger partial charge in [-0.15, -0.1) is 0 Å². The van der Waals surface area contributed by atoms with Crippen LogP contribution in [0.3, 0.4) is 0 Å². The van der Waals surface area contributed by atoms with Gasteiger partial charge in [-0.3, -0.25) is 5.32 Å². The van der Waals surface area contributed by atoms with Gasteiger partial charge in [-0.25, -0.2) is 0 Å². The summed E-state index contributed by atoms with van der Waals surface area (Å²) in [6.45, 7) is 0. The second-order valence-electron chi connectivity index (χ2n) is 4.32. The van der Waals surface area contributed by atoms with Gasteiger partial charge in [0.2, 0.25) is 0 Å². The number of nitrogens with one attached hydrogen (secondary N) is 1. The van der Waals surface area contributed by atoms with Gasteiger partial charge < -0.3 is 0 Å². The Balaban J connectivity index is 2.26. The molecule has 0 saturated heterocycles. The molecule has 0 aromatic carbocycles. The Kier molecular flexibility index (Phi) is 6.87. The number of thioether (sulfide) groups is 1. The molecule has 1 rings (SSSR count). The third-order valence-electron chi connectivity index (χ3n) is 3.06. The molecule has 1 fully saturated rings. The van der Waals surface area contributed by atoms with Crippen molar-refractivity contribution in [2.75, 3.05) is 12.0 Å². The molecule has 0 aromatic heterocycles. The molecule has 1 aliphatic carbocycles. The van der Waals surface area contributed by atoms with Crippen LogP contribution in [-0.4, -0.2) is 24.1 Å². The van der Waals surface area contributed by atoms with E-state index in [0.717, 1.165) is 12.2 Å². The van der Waals surface area contributed by atoms with E-state index in [2.05, 4.69) is 17.6 Å². The Bertz CT molecular complexity index is 192. The lowest BCUT2D eigenvalue weighted by atomic mass is 10.1. The highest BCUT2D eigenvalue weighted by molar-refractivity contribution is 7.98. The molecule has 1 unspecified atom stereocenters. The molecule has 1 N–H and O–H groups in total. The molecule has 15 heavy (non-hydrogen) atoms. The molecule has 86 valence electrons. The largest absolute Gasteiger partial charge is 0.299 e. The maximum absolute atomic E-state index is 9.03. The summed E-state index contributed by atoms with van der Waals surface area (Å²) >= 11 is 1.82. The quantitative estimate of drug-likeness (QED) is 0.732. The van der Waals surface area contributed by atoms with E-state index in [0.29, 0.717) is 6.04 Å². The molecular formula is C12H22N2S. The van der Waals surface area contributed by atoms with Crippen LogP contribution in [-0.2, 0) is 0 Å². The van der Waals surface area contributed by atoms with Crippen LogP contribution in [0.2, 0.25) is 0 Å². The Morgan fingerprint density at radius 1 is 1.33 bits per heavy atom. The Morgan fingerprint density at radius 3 is 2.53 bits per heavy atom. The summed E-state index contributed by atoms with van der Waals surface area (Å²) in [4.78, 5) is 0. The summed E-state index contributed by atoms with van der Waals surface area (Å²) in [5.41, 5.74) is 0.